The molecule has 0 aliphatic rings. The van der Waals surface area contributed by atoms with Crippen LogP contribution in [0.1, 0.15) is 17.1 Å². The number of nitriles is 1. The summed E-state index contributed by atoms with van der Waals surface area (Å²) in [7, 11) is -2.16. The van der Waals surface area contributed by atoms with Crippen molar-refractivity contribution in [3.63, 3.8) is 0 Å². The van der Waals surface area contributed by atoms with Crippen molar-refractivity contribution < 1.29 is 22.4 Å². The number of amides is 1. The van der Waals surface area contributed by atoms with Crippen molar-refractivity contribution in [1.29, 1.82) is 5.26 Å². The summed E-state index contributed by atoms with van der Waals surface area (Å²) >= 11 is 0. The summed E-state index contributed by atoms with van der Waals surface area (Å²) in [6, 6.07) is 18.1. The molecule has 0 atom stereocenters. The highest BCUT2D eigenvalue weighted by molar-refractivity contribution is 7.89. The topological polar surface area (TPSA) is 121 Å². The van der Waals surface area contributed by atoms with Crippen LogP contribution in [0.4, 0.5) is 5.69 Å². The Balaban J connectivity index is 1.65. The smallest absolute Gasteiger partial charge is 0.266 e. The van der Waals surface area contributed by atoms with Crippen LogP contribution in [0.5, 0.6) is 5.75 Å². The third-order valence-corrected chi connectivity index (χ3v) is 5.87. The first-order valence-electron chi connectivity index (χ1n) is 9.53. The zero-order chi connectivity index (χ0) is 23.1. The third-order valence-electron chi connectivity index (χ3n) is 4.45. The van der Waals surface area contributed by atoms with Crippen LogP contribution in [0, 0.1) is 18.3 Å². The minimum absolute atomic E-state index is 0.0794. The normalized spacial score (nSPS) is 11.6. The quantitative estimate of drug-likeness (QED) is 0.398. The van der Waals surface area contributed by atoms with E-state index in [-0.39, 0.29) is 22.8 Å². The lowest BCUT2D eigenvalue weighted by molar-refractivity contribution is -0.112. The van der Waals surface area contributed by atoms with Crippen molar-refractivity contribution in [2.75, 3.05) is 12.4 Å². The van der Waals surface area contributed by atoms with Crippen LogP contribution in [0.3, 0.4) is 0 Å². The second-order valence-corrected chi connectivity index (χ2v) is 8.56. The van der Waals surface area contributed by atoms with E-state index in [4.69, 9.17) is 9.15 Å². The summed E-state index contributed by atoms with van der Waals surface area (Å²) in [5.74, 6) is 0.617. The predicted molar refractivity (Wildman–Crippen MR) is 119 cm³/mol. The van der Waals surface area contributed by atoms with E-state index in [1.54, 1.807) is 48.5 Å². The number of rotatable bonds is 8. The molecule has 9 heteroatoms. The second kappa shape index (κ2) is 9.96. The van der Waals surface area contributed by atoms with Gasteiger partial charge < -0.3 is 14.5 Å². The molecule has 2 aromatic carbocycles. The molecule has 1 aromatic heterocycles. The zero-order valence-electron chi connectivity index (χ0n) is 17.5. The lowest BCUT2D eigenvalue weighted by atomic mass is 10.2. The Morgan fingerprint density at radius 1 is 1.09 bits per heavy atom. The summed E-state index contributed by atoms with van der Waals surface area (Å²) in [5.41, 5.74) is 1.29. The van der Waals surface area contributed by atoms with E-state index in [1.807, 2.05) is 13.0 Å². The molecule has 0 radical (unpaired) electrons. The Morgan fingerprint density at radius 3 is 2.41 bits per heavy atom. The predicted octanol–water partition coefficient (Wildman–Crippen LogP) is 3.62. The van der Waals surface area contributed by atoms with E-state index in [0.717, 1.165) is 5.56 Å². The third kappa shape index (κ3) is 5.85. The lowest BCUT2D eigenvalue weighted by Crippen LogP contribution is -2.22. The molecule has 1 amide bonds. The van der Waals surface area contributed by atoms with Crippen molar-refractivity contribution in [3.05, 3.63) is 83.3 Å². The van der Waals surface area contributed by atoms with Gasteiger partial charge in [0.1, 0.15) is 28.9 Å². The molecule has 32 heavy (non-hydrogen) atoms. The molecule has 0 aliphatic heterocycles. The minimum atomic E-state index is -3.70. The van der Waals surface area contributed by atoms with Gasteiger partial charge in [0.25, 0.3) is 5.91 Å². The Bertz CT molecular complexity index is 1270. The SMILES string of the molecule is COc1ccc(NC(=O)/C(C#N)=C/c2ccc(CNS(=O)(=O)c3ccc(C)cc3)o2)cc1. The maximum absolute atomic E-state index is 12.4. The van der Waals surface area contributed by atoms with Crippen molar-refractivity contribution in [3.8, 4) is 11.8 Å². The number of hydrogen-bond donors (Lipinski definition) is 2. The van der Waals surface area contributed by atoms with Gasteiger partial charge in [-0.3, -0.25) is 4.79 Å². The summed E-state index contributed by atoms with van der Waals surface area (Å²) in [4.78, 5) is 12.5. The Labute approximate surface area is 186 Å². The van der Waals surface area contributed by atoms with Gasteiger partial charge in [-0.2, -0.15) is 5.26 Å². The number of ether oxygens (including phenoxy) is 1. The van der Waals surface area contributed by atoms with E-state index in [0.29, 0.717) is 17.2 Å². The second-order valence-electron chi connectivity index (χ2n) is 6.79. The Hall–Kier alpha value is -3.87. The number of sulfonamides is 1. The fourth-order valence-corrected chi connectivity index (χ4v) is 3.69. The van der Waals surface area contributed by atoms with Crippen molar-refractivity contribution in [2.24, 2.45) is 0 Å². The molecule has 2 N–H and O–H groups in total. The number of hydrogen-bond acceptors (Lipinski definition) is 6. The Kier molecular flexibility index (Phi) is 7.10. The number of benzene rings is 2. The van der Waals surface area contributed by atoms with E-state index in [1.165, 1.54) is 25.3 Å². The fourth-order valence-electron chi connectivity index (χ4n) is 2.70. The van der Waals surface area contributed by atoms with Gasteiger partial charge in [-0.1, -0.05) is 17.7 Å². The molecule has 3 aromatic rings. The van der Waals surface area contributed by atoms with Gasteiger partial charge >= 0.3 is 0 Å². The van der Waals surface area contributed by atoms with Crippen LogP contribution >= 0.6 is 0 Å². The first kappa shape index (κ1) is 22.8. The molecule has 8 nitrogen and oxygen atoms in total. The lowest BCUT2D eigenvalue weighted by Gasteiger charge is -2.06. The largest absolute Gasteiger partial charge is 0.497 e. The van der Waals surface area contributed by atoms with Crippen LogP contribution in [0.2, 0.25) is 0 Å². The van der Waals surface area contributed by atoms with Crippen molar-refractivity contribution >= 4 is 27.7 Å². The summed E-state index contributed by atoms with van der Waals surface area (Å²) in [5, 5.41) is 12.0. The van der Waals surface area contributed by atoms with Crippen molar-refractivity contribution in [1.82, 2.24) is 4.72 Å². The van der Waals surface area contributed by atoms with Gasteiger partial charge in [-0.15, -0.1) is 0 Å². The van der Waals surface area contributed by atoms with E-state index >= 15 is 0 Å². The molecule has 0 spiro atoms. The monoisotopic (exact) mass is 451 g/mol. The average molecular weight is 452 g/mol. The molecule has 0 saturated carbocycles. The van der Waals surface area contributed by atoms with E-state index in [2.05, 4.69) is 10.0 Å². The van der Waals surface area contributed by atoms with Gasteiger partial charge in [0.05, 0.1) is 18.6 Å². The highest BCUT2D eigenvalue weighted by Gasteiger charge is 2.15. The van der Waals surface area contributed by atoms with Crippen LogP contribution < -0.4 is 14.8 Å². The van der Waals surface area contributed by atoms with Crippen LogP contribution in [-0.4, -0.2) is 21.4 Å². The Morgan fingerprint density at radius 2 is 1.78 bits per heavy atom. The fraction of sp³-hybridized carbons (Fsp3) is 0.130. The minimum Gasteiger partial charge on any atom is -0.497 e. The number of nitrogens with one attached hydrogen (secondary N) is 2. The number of nitrogens with zero attached hydrogens (tertiary/aromatic N) is 1. The molecule has 0 fully saturated rings. The van der Waals surface area contributed by atoms with Gasteiger partial charge in [-0.05, 0) is 55.5 Å². The zero-order valence-corrected chi connectivity index (χ0v) is 18.3. The number of aryl methyl sites for hydroxylation is 1. The van der Waals surface area contributed by atoms with Gasteiger partial charge in [0.15, 0.2) is 0 Å². The van der Waals surface area contributed by atoms with Crippen molar-refractivity contribution in [2.45, 2.75) is 18.4 Å². The van der Waals surface area contributed by atoms with Crippen LogP contribution in [-0.2, 0) is 21.4 Å². The molecule has 0 unspecified atom stereocenters. The molecule has 3 rings (SSSR count). The molecular weight excluding hydrogens is 430 g/mol. The highest BCUT2D eigenvalue weighted by Crippen LogP contribution is 2.18. The van der Waals surface area contributed by atoms with Gasteiger partial charge in [0.2, 0.25) is 10.0 Å². The average Bonchev–Trinajstić information content (AvgIpc) is 3.24. The van der Waals surface area contributed by atoms with E-state index < -0.39 is 15.9 Å². The number of carbonyl (C=O) groups excluding carboxylic acids is 1. The maximum atomic E-state index is 12.4. The highest BCUT2D eigenvalue weighted by atomic mass is 32.2. The molecule has 0 bridgehead atoms. The molecular formula is C23H21N3O5S. The van der Waals surface area contributed by atoms with Crippen LogP contribution in [0.15, 0.2) is 75.5 Å². The molecule has 0 saturated heterocycles. The summed E-state index contributed by atoms with van der Waals surface area (Å²) in [6.07, 6.45) is 1.29. The van der Waals surface area contributed by atoms with Crippen LogP contribution in [0.25, 0.3) is 6.08 Å². The number of carbonyl (C=O) groups is 1. The molecule has 164 valence electrons. The number of methoxy groups -OCH3 is 1. The van der Waals surface area contributed by atoms with E-state index in [9.17, 15) is 18.5 Å². The first-order chi connectivity index (χ1) is 15.3. The maximum Gasteiger partial charge on any atom is 0.266 e. The summed E-state index contributed by atoms with van der Waals surface area (Å²) < 4.78 is 37.8. The number of furan rings is 1. The molecule has 1 heterocycles. The first-order valence-corrected chi connectivity index (χ1v) is 11.0. The standard InChI is InChI=1S/C23H21N3O5S/c1-16-3-11-22(12-4-16)32(28,29)25-15-21-10-9-20(31-21)13-17(14-24)23(27)26-18-5-7-19(30-2)8-6-18/h3-13,25H,15H2,1-2H3,(H,26,27)/b17-13+. The molecule has 0 aliphatic carbocycles. The van der Waals surface area contributed by atoms with Gasteiger partial charge in [-0.25, -0.2) is 13.1 Å². The van der Waals surface area contributed by atoms with Gasteiger partial charge in [0, 0.05) is 11.8 Å². The number of anilines is 1. The summed E-state index contributed by atoms with van der Waals surface area (Å²) in [6.45, 7) is 1.79.